The highest BCUT2D eigenvalue weighted by atomic mass is 16.3. The van der Waals surface area contributed by atoms with E-state index in [4.69, 9.17) is 8.83 Å². The summed E-state index contributed by atoms with van der Waals surface area (Å²) in [5, 5.41) is 4.15. The van der Waals surface area contributed by atoms with Crippen LogP contribution in [0.5, 0.6) is 0 Å². The number of para-hydroxylation sites is 1. The SMILES string of the molecule is Cc1c(CN2CC[C@@H](CNC(=O)c3ccco3)C2)oc2ccccc12. The Balaban J connectivity index is 1.33. The van der Waals surface area contributed by atoms with Gasteiger partial charge in [0.05, 0.1) is 12.8 Å². The molecule has 3 aromatic rings. The molecule has 2 aromatic heterocycles. The lowest BCUT2D eigenvalue weighted by molar-refractivity contribution is 0.0919. The largest absolute Gasteiger partial charge is 0.459 e. The Morgan fingerprint density at radius 2 is 2.16 bits per heavy atom. The van der Waals surface area contributed by atoms with Crippen molar-refractivity contribution in [3.8, 4) is 0 Å². The molecule has 0 saturated carbocycles. The summed E-state index contributed by atoms with van der Waals surface area (Å²) in [5.41, 5.74) is 2.18. The van der Waals surface area contributed by atoms with Gasteiger partial charge in [0.1, 0.15) is 11.3 Å². The summed E-state index contributed by atoms with van der Waals surface area (Å²) < 4.78 is 11.1. The number of amides is 1. The average Bonchev–Trinajstić information content (AvgIpc) is 3.35. The fourth-order valence-electron chi connectivity index (χ4n) is 3.53. The van der Waals surface area contributed by atoms with Crippen LogP contribution in [-0.4, -0.2) is 30.4 Å². The van der Waals surface area contributed by atoms with Crippen molar-refractivity contribution in [2.75, 3.05) is 19.6 Å². The van der Waals surface area contributed by atoms with E-state index in [0.29, 0.717) is 18.2 Å². The van der Waals surface area contributed by atoms with Gasteiger partial charge >= 0.3 is 0 Å². The minimum absolute atomic E-state index is 0.142. The number of aryl methyl sites for hydroxylation is 1. The van der Waals surface area contributed by atoms with Crippen LogP contribution < -0.4 is 5.32 Å². The van der Waals surface area contributed by atoms with Crippen molar-refractivity contribution < 1.29 is 13.6 Å². The van der Waals surface area contributed by atoms with Crippen molar-refractivity contribution in [1.82, 2.24) is 10.2 Å². The minimum atomic E-state index is -0.142. The number of fused-ring (bicyclic) bond motifs is 1. The molecule has 5 nitrogen and oxygen atoms in total. The van der Waals surface area contributed by atoms with Gasteiger partial charge in [0.2, 0.25) is 0 Å². The van der Waals surface area contributed by atoms with Gasteiger partial charge in [-0.1, -0.05) is 18.2 Å². The van der Waals surface area contributed by atoms with E-state index in [-0.39, 0.29) is 5.91 Å². The normalized spacial score (nSPS) is 18.0. The second-order valence-electron chi connectivity index (χ2n) is 6.72. The van der Waals surface area contributed by atoms with Crippen molar-refractivity contribution >= 4 is 16.9 Å². The zero-order chi connectivity index (χ0) is 17.2. The van der Waals surface area contributed by atoms with E-state index in [0.717, 1.165) is 37.4 Å². The van der Waals surface area contributed by atoms with Crippen LogP contribution in [0.15, 0.2) is 51.5 Å². The molecule has 1 N–H and O–H groups in total. The highest BCUT2D eigenvalue weighted by Crippen LogP contribution is 2.27. The van der Waals surface area contributed by atoms with Crippen LogP contribution >= 0.6 is 0 Å². The van der Waals surface area contributed by atoms with Gasteiger partial charge in [0.25, 0.3) is 5.91 Å². The van der Waals surface area contributed by atoms with Crippen LogP contribution in [0.2, 0.25) is 0 Å². The summed E-state index contributed by atoms with van der Waals surface area (Å²) in [5.74, 6) is 1.73. The lowest BCUT2D eigenvalue weighted by Gasteiger charge is -2.15. The predicted molar refractivity (Wildman–Crippen MR) is 95.4 cm³/mol. The fourth-order valence-corrected chi connectivity index (χ4v) is 3.53. The molecule has 1 aromatic carbocycles. The number of hydrogen-bond donors (Lipinski definition) is 1. The van der Waals surface area contributed by atoms with Crippen molar-refractivity contribution in [3.63, 3.8) is 0 Å². The predicted octanol–water partition coefficient (Wildman–Crippen LogP) is 3.59. The standard InChI is InChI=1S/C20H22N2O3/c1-14-16-5-2-3-6-17(16)25-19(14)13-22-9-8-15(12-22)11-21-20(23)18-7-4-10-24-18/h2-7,10,15H,8-9,11-13H2,1H3,(H,21,23)/t15-/m0/s1. The van der Waals surface area contributed by atoms with Gasteiger partial charge in [-0.05, 0) is 49.6 Å². The molecule has 0 radical (unpaired) electrons. The molecule has 1 aliphatic rings. The number of hydrogen-bond acceptors (Lipinski definition) is 4. The van der Waals surface area contributed by atoms with Crippen LogP contribution in [0.3, 0.4) is 0 Å². The van der Waals surface area contributed by atoms with Crippen molar-refractivity contribution in [2.45, 2.75) is 19.9 Å². The van der Waals surface area contributed by atoms with E-state index in [1.54, 1.807) is 12.1 Å². The van der Waals surface area contributed by atoms with Gasteiger partial charge in [0, 0.05) is 18.5 Å². The molecule has 1 amide bonds. The fraction of sp³-hybridized carbons (Fsp3) is 0.350. The molecule has 1 aliphatic heterocycles. The number of carbonyl (C=O) groups is 1. The van der Waals surface area contributed by atoms with Gasteiger partial charge in [-0.3, -0.25) is 9.69 Å². The quantitative estimate of drug-likeness (QED) is 0.772. The first-order chi connectivity index (χ1) is 12.2. The number of nitrogens with one attached hydrogen (secondary N) is 1. The second-order valence-corrected chi connectivity index (χ2v) is 6.72. The van der Waals surface area contributed by atoms with Gasteiger partial charge in [-0.25, -0.2) is 0 Å². The summed E-state index contributed by atoms with van der Waals surface area (Å²) in [7, 11) is 0. The number of furan rings is 2. The molecule has 25 heavy (non-hydrogen) atoms. The third kappa shape index (κ3) is 3.33. The van der Waals surface area contributed by atoms with Gasteiger partial charge in [-0.2, -0.15) is 0 Å². The molecule has 1 atom stereocenters. The zero-order valence-electron chi connectivity index (χ0n) is 14.3. The summed E-state index contributed by atoms with van der Waals surface area (Å²) in [6.07, 6.45) is 2.60. The first-order valence-electron chi connectivity index (χ1n) is 8.72. The Labute approximate surface area is 146 Å². The molecule has 130 valence electrons. The van der Waals surface area contributed by atoms with Crippen molar-refractivity contribution in [3.05, 3.63) is 59.7 Å². The van der Waals surface area contributed by atoms with Gasteiger partial charge in [-0.15, -0.1) is 0 Å². The Hall–Kier alpha value is -2.53. The summed E-state index contributed by atoms with van der Waals surface area (Å²) in [6.45, 7) is 5.61. The molecular formula is C20H22N2O3. The van der Waals surface area contributed by atoms with E-state index < -0.39 is 0 Å². The van der Waals surface area contributed by atoms with E-state index >= 15 is 0 Å². The second kappa shape index (κ2) is 6.76. The van der Waals surface area contributed by atoms with E-state index in [2.05, 4.69) is 23.2 Å². The van der Waals surface area contributed by atoms with Crippen molar-refractivity contribution in [2.24, 2.45) is 5.92 Å². The summed E-state index contributed by atoms with van der Waals surface area (Å²) in [6, 6.07) is 11.6. The maximum atomic E-state index is 11.9. The van der Waals surface area contributed by atoms with Crippen LogP contribution in [0.25, 0.3) is 11.0 Å². The topological polar surface area (TPSA) is 58.6 Å². The van der Waals surface area contributed by atoms with Crippen LogP contribution in [0.1, 0.15) is 28.3 Å². The lowest BCUT2D eigenvalue weighted by atomic mass is 10.1. The van der Waals surface area contributed by atoms with E-state index in [1.807, 2.05) is 18.2 Å². The molecular weight excluding hydrogens is 316 g/mol. The number of rotatable bonds is 5. The maximum Gasteiger partial charge on any atom is 0.286 e. The van der Waals surface area contributed by atoms with E-state index in [9.17, 15) is 4.79 Å². The Bertz CT molecular complexity index is 866. The highest BCUT2D eigenvalue weighted by Gasteiger charge is 2.25. The molecule has 1 saturated heterocycles. The maximum absolute atomic E-state index is 11.9. The molecule has 4 rings (SSSR count). The molecule has 0 unspecified atom stereocenters. The average molecular weight is 338 g/mol. The molecule has 3 heterocycles. The Kier molecular flexibility index (Phi) is 4.32. The van der Waals surface area contributed by atoms with Crippen molar-refractivity contribution in [1.29, 1.82) is 0 Å². The minimum Gasteiger partial charge on any atom is -0.459 e. The smallest absolute Gasteiger partial charge is 0.286 e. The summed E-state index contributed by atoms with van der Waals surface area (Å²) >= 11 is 0. The number of nitrogens with zero attached hydrogens (tertiary/aromatic N) is 1. The van der Waals surface area contributed by atoms with Crippen LogP contribution in [0, 0.1) is 12.8 Å². The first-order valence-corrected chi connectivity index (χ1v) is 8.72. The molecule has 0 aliphatic carbocycles. The zero-order valence-corrected chi connectivity index (χ0v) is 14.3. The molecule has 1 fully saturated rings. The van der Waals surface area contributed by atoms with E-state index in [1.165, 1.54) is 17.2 Å². The molecule has 0 spiro atoms. The third-order valence-corrected chi connectivity index (χ3v) is 4.98. The monoisotopic (exact) mass is 338 g/mol. The van der Waals surface area contributed by atoms with Crippen LogP contribution in [-0.2, 0) is 6.54 Å². The number of benzene rings is 1. The highest BCUT2D eigenvalue weighted by molar-refractivity contribution is 5.91. The van der Waals surface area contributed by atoms with Gasteiger partial charge in [0.15, 0.2) is 5.76 Å². The van der Waals surface area contributed by atoms with Crippen LogP contribution in [0.4, 0.5) is 0 Å². The summed E-state index contributed by atoms with van der Waals surface area (Å²) in [4.78, 5) is 14.3. The molecule has 5 heteroatoms. The number of carbonyl (C=O) groups excluding carboxylic acids is 1. The van der Waals surface area contributed by atoms with Gasteiger partial charge < -0.3 is 14.2 Å². The first kappa shape index (κ1) is 16.0. The lowest BCUT2D eigenvalue weighted by Crippen LogP contribution is -2.30. The molecule has 0 bridgehead atoms. The number of likely N-dealkylation sites (tertiary alicyclic amines) is 1. The third-order valence-electron chi connectivity index (χ3n) is 4.98. The Morgan fingerprint density at radius 1 is 1.28 bits per heavy atom. The Morgan fingerprint density at radius 3 is 2.96 bits per heavy atom.